The topological polar surface area (TPSA) is 55.5 Å². The zero-order valence-electron chi connectivity index (χ0n) is 7.63. The molecule has 0 aliphatic rings. The van der Waals surface area contributed by atoms with E-state index in [1.54, 1.807) is 14.0 Å². The van der Waals surface area contributed by atoms with Gasteiger partial charge in [-0.15, -0.1) is 0 Å². The van der Waals surface area contributed by atoms with Gasteiger partial charge in [0, 0.05) is 13.0 Å². The van der Waals surface area contributed by atoms with Crippen LogP contribution in [0.1, 0.15) is 20.3 Å². The Morgan fingerprint density at radius 2 is 2.18 bits per heavy atom. The first kappa shape index (κ1) is 10.9. The van der Waals surface area contributed by atoms with E-state index in [0.717, 1.165) is 0 Å². The Hall–Kier alpha value is -0.120. The fourth-order valence-electron chi connectivity index (χ4n) is 0.968. The third-order valence-electron chi connectivity index (χ3n) is 2.13. The number of rotatable bonds is 5. The van der Waals surface area contributed by atoms with Gasteiger partial charge in [-0.1, -0.05) is 6.92 Å². The van der Waals surface area contributed by atoms with Gasteiger partial charge in [0.2, 0.25) is 0 Å². The van der Waals surface area contributed by atoms with Gasteiger partial charge < -0.3 is 15.6 Å². The van der Waals surface area contributed by atoms with Crippen molar-refractivity contribution in [3.8, 4) is 0 Å². The number of nitrogens with two attached hydrogens (primary N) is 1. The SMILES string of the molecule is COCC(C)C(C)(O)CCN. The molecule has 2 atom stereocenters. The number of ether oxygens (including phenoxy) is 1. The molecule has 0 saturated heterocycles. The van der Waals surface area contributed by atoms with Crippen molar-refractivity contribution in [3.05, 3.63) is 0 Å². The molecule has 0 bridgehead atoms. The Balaban J connectivity index is 3.83. The van der Waals surface area contributed by atoms with Crippen molar-refractivity contribution in [2.75, 3.05) is 20.3 Å². The Kier molecular flexibility index (Phi) is 4.65. The van der Waals surface area contributed by atoms with Crippen molar-refractivity contribution in [2.24, 2.45) is 11.7 Å². The van der Waals surface area contributed by atoms with E-state index >= 15 is 0 Å². The van der Waals surface area contributed by atoms with E-state index in [0.29, 0.717) is 19.6 Å². The molecule has 0 aromatic heterocycles. The van der Waals surface area contributed by atoms with Gasteiger partial charge in [0.25, 0.3) is 0 Å². The molecular weight excluding hydrogens is 142 g/mol. The van der Waals surface area contributed by atoms with E-state index in [-0.39, 0.29) is 5.92 Å². The molecular formula is C8H19NO2. The smallest absolute Gasteiger partial charge is 0.0679 e. The van der Waals surface area contributed by atoms with Crippen LogP contribution in [0.4, 0.5) is 0 Å². The number of hydrogen-bond donors (Lipinski definition) is 2. The van der Waals surface area contributed by atoms with E-state index in [1.165, 1.54) is 0 Å². The molecule has 0 saturated carbocycles. The highest BCUT2D eigenvalue weighted by Gasteiger charge is 2.26. The first-order valence-electron chi connectivity index (χ1n) is 3.96. The number of hydrogen-bond acceptors (Lipinski definition) is 3. The normalized spacial score (nSPS) is 19.4. The van der Waals surface area contributed by atoms with Crippen LogP contribution in [0.2, 0.25) is 0 Å². The largest absolute Gasteiger partial charge is 0.390 e. The Labute approximate surface area is 68.5 Å². The average Bonchev–Trinajstić information content (AvgIpc) is 1.88. The summed E-state index contributed by atoms with van der Waals surface area (Å²) in [5.74, 6) is 0.135. The van der Waals surface area contributed by atoms with Crippen LogP contribution in [0.25, 0.3) is 0 Å². The maximum atomic E-state index is 9.75. The molecule has 0 aliphatic heterocycles. The Morgan fingerprint density at radius 1 is 1.64 bits per heavy atom. The molecule has 0 rings (SSSR count). The van der Waals surface area contributed by atoms with Crippen LogP contribution in [0.15, 0.2) is 0 Å². The van der Waals surface area contributed by atoms with E-state index in [4.69, 9.17) is 10.5 Å². The van der Waals surface area contributed by atoms with E-state index in [1.807, 2.05) is 6.92 Å². The van der Waals surface area contributed by atoms with Gasteiger partial charge in [-0.25, -0.2) is 0 Å². The fourth-order valence-corrected chi connectivity index (χ4v) is 0.968. The average molecular weight is 161 g/mol. The molecule has 0 amide bonds. The number of methoxy groups -OCH3 is 1. The third-order valence-corrected chi connectivity index (χ3v) is 2.13. The zero-order chi connectivity index (χ0) is 8.91. The first-order valence-corrected chi connectivity index (χ1v) is 3.96. The molecule has 0 fully saturated rings. The van der Waals surface area contributed by atoms with Gasteiger partial charge in [0.15, 0.2) is 0 Å². The second kappa shape index (κ2) is 4.70. The minimum absolute atomic E-state index is 0.135. The van der Waals surface area contributed by atoms with Crippen LogP contribution < -0.4 is 5.73 Å². The maximum Gasteiger partial charge on any atom is 0.0679 e. The monoisotopic (exact) mass is 161 g/mol. The predicted molar refractivity (Wildman–Crippen MR) is 45.3 cm³/mol. The highest BCUT2D eigenvalue weighted by atomic mass is 16.5. The molecule has 0 spiro atoms. The molecule has 0 aromatic carbocycles. The summed E-state index contributed by atoms with van der Waals surface area (Å²) >= 11 is 0. The van der Waals surface area contributed by atoms with E-state index in [2.05, 4.69) is 0 Å². The lowest BCUT2D eigenvalue weighted by Crippen LogP contribution is -2.37. The van der Waals surface area contributed by atoms with Gasteiger partial charge >= 0.3 is 0 Å². The second-order valence-corrected chi connectivity index (χ2v) is 3.25. The minimum Gasteiger partial charge on any atom is -0.390 e. The lowest BCUT2D eigenvalue weighted by molar-refractivity contribution is -0.0293. The van der Waals surface area contributed by atoms with E-state index in [9.17, 15) is 5.11 Å². The molecule has 11 heavy (non-hydrogen) atoms. The molecule has 0 heterocycles. The van der Waals surface area contributed by atoms with Gasteiger partial charge in [0.05, 0.1) is 12.2 Å². The highest BCUT2D eigenvalue weighted by Crippen LogP contribution is 2.19. The summed E-state index contributed by atoms with van der Waals surface area (Å²) in [7, 11) is 1.63. The number of aliphatic hydroxyl groups is 1. The molecule has 0 aromatic rings. The molecule has 3 nitrogen and oxygen atoms in total. The lowest BCUT2D eigenvalue weighted by atomic mass is 9.88. The predicted octanol–water partition coefficient (Wildman–Crippen LogP) is 0.369. The quantitative estimate of drug-likeness (QED) is 0.612. The van der Waals surface area contributed by atoms with Crippen molar-refractivity contribution in [2.45, 2.75) is 25.9 Å². The summed E-state index contributed by atoms with van der Waals surface area (Å²) in [4.78, 5) is 0. The standard InChI is InChI=1S/C8H19NO2/c1-7(6-11-3)8(2,10)4-5-9/h7,10H,4-6,9H2,1-3H3. The van der Waals surface area contributed by atoms with Crippen LogP contribution in [-0.4, -0.2) is 31.0 Å². The van der Waals surface area contributed by atoms with Gasteiger partial charge in [-0.05, 0) is 19.9 Å². The maximum absolute atomic E-state index is 9.75. The van der Waals surface area contributed by atoms with Crippen LogP contribution in [0, 0.1) is 5.92 Å². The summed E-state index contributed by atoms with van der Waals surface area (Å²) in [6, 6.07) is 0. The van der Waals surface area contributed by atoms with Gasteiger partial charge in [-0.2, -0.15) is 0 Å². The van der Waals surface area contributed by atoms with Crippen LogP contribution in [0.3, 0.4) is 0 Å². The fraction of sp³-hybridized carbons (Fsp3) is 1.00. The second-order valence-electron chi connectivity index (χ2n) is 3.25. The third kappa shape index (κ3) is 3.70. The first-order chi connectivity index (χ1) is 5.04. The Bertz CT molecular complexity index is 104. The van der Waals surface area contributed by atoms with Crippen LogP contribution in [-0.2, 0) is 4.74 Å². The zero-order valence-corrected chi connectivity index (χ0v) is 7.63. The Morgan fingerprint density at radius 3 is 2.55 bits per heavy atom. The van der Waals surface area contributed by atoms with Crippen LogP contribution in [0.5, 0.6) is 0 Å². The molecule has 68 valence electrons. The summed E-state index contributed by atoms with van der Waals surface area (Å²) in [6.45, 7) is 4.84. The minimum atomic E-state index is -0.690. The summed E-state index contributed by atoms with van der Waals surface area (Å²) in [5, 5.41) is 9.75. The van der Waals surface area contributed by atoms with Crippen molar-refractivity contribution in [3.63, 3.8) is 0 Å². The van der Waals surface area contributed by atoms with Crippen molar-refractivity contribution in [1.29, 1.82) is 0 Å². The van der Waals surface area contributed by atoms with Crippen molar-refractivity contribution < 1.29 is 9.84 Å². The van der Waals surface area contributed by atoms with Crippen molar-refractivity contribution in [1.82, 2.24) is 0 Å². The van der Waals surface area contributed by atoms with Gasteiger partial charge in [-0.3, -0.25) is 0 Å². The lowest BCUT2D eigenvalue weighted by Gasteiger charge is -2.29. The molecule has 2 unspecified atom stereocenters. The molecule has 3 heteroatoms. The van der Waals surface area contributed by atoms with Gasteiger partial charge in [0.1, 0.15) is 0 Å². The summed E-state index contributed by atoms with van der Waals surface area (Å²) < 4.78 is 4.94. The highest BCUT2D eigenvalue weighted by molar-refractivity contribution is 4.78. The van der Waals surface area contributed by atoms with E-state index < -0.39 is 5.60 Å². The summed E-state index contributed by atoms with van der Waals surface area (Å²) in [5.41, 5.74) is 4.66. The molecule has 0 aliphatic carbocycles. The summed E-state index contributed by atoms with van der Waals surface area (Å²) in [6.07, 6.45) is 0.623. The molecule has 3 N–H and O–H groups in total. The van der Waals surface area contributed by atoms with Crippen molar-refractivity contribution >= 4 is 0 Å². The van der Waals surface area contributed by atoms with Crippen LogP contribution >= 0.6 is 0 Å². The molecule has 0 radical (unpaired) electrons.